The molecule has 2 aliphatic rings. The van der Waals surface area contributed by atoms with Gasteiger partial charge in [-0.1, -0.05) is 159 Å². The highest BCUT2D eigenvalue weighted by Crippen LogP contribution is 2.26. The number of carbonyl (C=O) groups excluding carboxylic acids is 1. The molecule has 11 unspecified atom stereocenters. The minimum Gasteiger partial charge on any atom is -0.457 e. The monoisotopic (exact) mass is 969 g/mol. The molecule has 0 bridgehead atoms. The lowest BCUT2D eigenvalue weighted by molar-refractivity contribution is -0.332. The highest BCUT2D eigenvalue weighted by molar-refractivity contribution is 5.69. The van der Waals surface area contributed by atoms with E-state index in [1.54, 1.807) is 0 Å². The summed E-state index contributed by atoms with van der Waals surface area (Å²) in [6, 6.07) is 0. The van der Waals surface area contributed by atoms with E-state index in [2.05, 4.69) is 62.5 Å². The highest BCUT2D eigenvalue weighted by Gasteiger charge is 2.47. The quantitative estimate of drug-likeness (QED) is 0.0174. The van der Waals surface area contributed by atoms with E-state index < -0.39 is 86.7 Å². The van der Waals surface area contributed by atoms with Crippen LogP contribution in [0.25, 0.3) is 0 Å². The van der Waals surface area contributed by atoms with Gasteiger partial charge < -0.3 is 64.2 Å². The van der Waals surface area contributed by atoms with Gasteiger partial charge in [0.2, 0.25) is 0 Å². The molecule has 68 heavy (non-hydrogen) atoms. The van der Waals surface area contributed by atoms with Crippen LogP contribution in [0.4, 0.5) is 0 Å². The van der Waals surface area contributed by atoms with Crippen LogP contribution >= 0.6 is 0 Å². The van der Waals surface area contributed by atoms with Crippen molar-refractivity contribution in [2.45, 2.75) is 255 Å². The van der Waals surface area contributed by atoms with Gasteiger partial charge in [-0.15, -0.1) is 0 Å². The second kappa shape index (κ2) is 41.6. The van der Waals surface area contributed by atoms with Gasteiger partial charge >= 0.3 is 5.97 Å². The Labute approximate surface area is 410 Å². The van der Waals surface area contributed by atoms with Crippen molar-refractivity contribution in [3.8, 4) is 0 Å². The first-order valence-electron chi connectivity index (χ1n) is 26.7. The van der Waals surface area contributed by atoms with Gasteiger partial charge in [0.1, 0.15) is 54.9 Å². The van der Waals surface area contributed by atoms with E-state index in [1.165, 1.54) is 89.9 Å². The third-order valence-corrected chi connectivity index (χ3v) is 12.6. The number of rotatable bonds is 42. The number of esters is 1. The molecule has 2 fully saturated rings. The second-order valence-electron chi connectivity index (χ2n) is 18.7. The lowest BCUT2D eigenvalue weighted by Gasteiger charge is -2.42. The molecule has 2 aliphatic heterocycles. The van der Waals surface area contributed by atoms with E-state index in [9.17, 15) is 40.5 Å². The van der Waals surface area contributed by atoms with Crippen LogP contribution in [-0.2, 0) is 33.2 Å². The van der Waals surface area contributed by atoms with E-state index in [1.807, 2.05) is 0 Å². The number of hydrogen-bond donors (Lipinski definition) is 7. The van der Waals surface area contributed by atoms with E-state index in [4.69, 9.17) is 28.4 Å². The van der Waals surface area contributed by atoms with E-state index in [-0.39, 0.29) is 19.6 Å². The number of aliphatic hydroxyl groups excluding tert-OH is 7. The van der Waals surface area contributed by atoms with Crippen molar-refractivity contribution in [2.24, 2.45) is 0 Å². The minimum absolute atomic E-state index is 0.0517. The Hall–Kier alpha value is -2.05. The molecule has 11 atom stereocenters. The molecule has 2 rings (SSSR count). The van der Waals surface area contributed by atoms with Crippen molar-refractivity contribution in [3.63, 3.8) is 0 Å². The first-order chi connectivity index (χ1) is 33.1. The zero-order valence-electron chi connectivity index (χ0n) is 42.1. The average molecular weight is 969 g/mol. The topological polar surface area (TPSA) is 214 Å². The first-order valence-corrected chi connectivity index (χ1v) is 26.7. The van der Waals surface area contributed by atoms with Crippen LogP contribution in [0.15, 0.2) is 48.6 Å². The summed E-state index contributed by atoms with van der Waals surface area (Å²) in [7, 11) is 0. The van der Waals surface area contributed by atoms with Crippen molar-refractivity contribution in [2.75, 3.05) is 33.0 Å². The van der Waals surface area contributed by atoms with E-state index in [0.717, 1.165) is 70.6 Å². The fourth-order valence-corrected chi connectivity index (χ4v) is 8.24. The number of ether oxygens (including phenoxy) is 6. The van der Waals surface area contributed by atoms with Crippen LogP contribution in [0.1, 0.15) is 187 Å². The molecular weight excluding hydrogens is 873 g/mol. The molecule has 14 heteroatoms. The number of hydrogen-bond acceptors (Lipinski definition) is 14. The Morgan fingerprint density at radius 1 is 0.500 bits per heavy atom. The summed E-state index contributed by atoms with van der Waals surface area (Å²) in [6.45, 7) is 3.55. The molecule has 2 heterocycles. The molecule has 0 amide bonds. The second-order valence-corrected chi connectivity index (χ2v) is 18.7. The SMILES string of the molecule is CC/C=C\C/C=C\C/C=C\CCCCCCCC(=O)OC(COCCCCCCCCCC/C=C\CCCCCCCCC)COC1OC(COC2OC(CO)C(O)C(O)C2O)C(O)C(O)C1O. The third-order valence-electron chi connectivity index (χ3n) is 12.6. The fourth-order valence-electron chi connectivity index (χ4n) is 8.24. The first kappa shape index (κ1) is 62.1. The summed E-state index contributed by atoms with van der Waals surface area (Å²) in [4.78, 5) is 13.0. The lowest BCUT2D eigenvalue weighted by atomic mass is 9.98. The zero-order valence-corrected chi connectivity index (χ0v) is 42.1. The normalized spacial score (nSPS) is 26.2. The molecule has 7 N–H and O–H groups in total. The van der Waals surface area contributed by atoms with Gasteiger partial charge in [-0.25, -0.2) is 0 Å². The van der Waals surface area contributed by atoms with Crippen molar-refractivity contribution >= 4 is 5.97 Å². The van der Waals surface area contributed by atoms with Gasteiger partial charge in [0, 0.05) is 13.0 Å². The van der Waals surface area contributed by atoms with Gasteiger partial charge in [-0.3, -0.25) is 4.79 Å². The smallest absolute Gasteiger partial charge is 0.306 e. The van der Waals surface area contributed by atoms with Crippen molar-refractivity contribution in [1.82, 2.24) is 0 Å². The average Bonchev–Trinajstić information content (AvgIpc) is 3.33. The summed E-state index contributed by atoms with van der Waals surface area (Å²) >= 11 is 0. The molecule has 2 saturated heterocycles. The highest BCUT2D eigenvalue weighted by atomic mass is 16.7. The molecule has 0 aromatic carbocycles. The number of carbonyl (C=O) groups is 1. The Kier molecular flexibility index (Phi) is 37.9. The zero-order chi connectivity index (χ0) is 49.5. The van der Waals surface area contributed by atoms with Gasteiger partial charge in [-0.05, 0) is 70.6 Å². The molecule has 0 saturated carbocycles. The largest absolute Gasteiger partial charge is 0.457 e. The molecule has 0 aromatic rings. The molecule has 14 nitrogen and oxygen atoms in total. The molecule has 0 aromatic heterocycles. The van der Waals surface area contributed by atoms with E-state index >= 15 is 0 Å². The predicted octanol–water partition coefficient (Wildman–Crippen LogP) is 8.35. The summed E-state index contributed by atoms with van der Waals surface area (Å²) < 4.78 is 34.3. The molecule has 0 spiro atoms. The molecule has 0 radical (unpaired) electrons. The number of unbranched alkanes of at least 4 members (excludes halogenated alkanes) is 20. The van der Waals surface area contributed by atoms with Crippen molar-refractivity contribution in [1.29, 1.82) is 0 Å². The standard InChI is InChI=1S/C54H96O14/c1-3-5-7-9-11-13-15-17-19-20-21-22-24-26-28-30-32-34-36-38-63-40-43(66-46(56)37-35-33-31-29-27-25-23-18-16-14-12-10-8-6-4-2)41-64-53-52(62)50(60)48(58)45(68-53)42-65-54-51(61)49(59)47(57)44(39-55)67-54/h6,8,12,14,18-20,23,43-45,47-55,57-62H,3-5,7,9-11,13,15-17,21-22,24-42H2,1-2H3/b8-6-,14-12-,20-19-,23-18-. The van der Waals surface area contributed by atoms with Crippen molar-refractivity contribution in [3.05, 3.63) is 48.6 Å². The minimum atomic E-state index is -1.71. The maximum atomic E-state index is 13.0. The lowest BCUT2D eigenvalue weighted by Crippen LogP contribution is -2.61. The van der Waals surface area contributed by atoms with Crippen LogP contribution in [0.5, 0.6) is 0 Å². The summed E-state index contributed by atoms with van der Waals surface area (Å²) in [5.41, 5.74) is 0. The molecule has 0 aliphatic carbocycles. The van der Waals surface area contributed by atoms with Crippen LogP contribution in [-0.4, -0.2) is 142 Å². The van der Waals surface area contributed by atoms with E-state index in [0.29, 0.717) is 13.0 Å². The number of aliphatic hydroxyl groups is 7. The van der Waals surface area contributed by atoms with Gasteiger partial charge in [0.05, 0.1) is 26.4 Å². The Bertz CT molecular complexity index is 1310. The summed E-state index contributed by atoms with van der Waals surface area (Å²) in [5, 5.41) is 72.2. The van der Waals surface area contributed by atoms with Crippen molar-refractivity contribution < 1.29 is 69.0 Å². The van der Waals surface area contributed by atoms with Gasteiger partial charge in [0.15, 0.2) is 12.6 Å². The summed E-state index contributed by atoms with van der Waals surface area (Å²) in [6.07, 6.45) is 31.7. The van der Waals surface area contributed by atoms with Gasteiger partial charge in [0.25, 0.3) is 0 Å². The van der Waals surface area contributed by atoms with Gasteiger partial charge in [-0.2, -0.15) is 0 Å². The molecule has 396 valence electrons. The Morgan fingerprint density at radius 3 is 1.51 bits per heavy atom. The maximum absolute atomic E-state index is 13.0. The Morgan fingerprint density at radius 2 is 0.956 bits per heavy atom. The summed E-state index contributed by atoms with van der Waals surface area (Å²) in [5.74, 6) is -0.394. The number of allylic oxidation sites excluding steroid dienone is 8. The Balaban J connectivity index is 1.76. The molecular formula is C54H96O14. The predicted molar refractivity (Wildman–Crippen MR) is 266 cm³/mol. The van der Waals surface area contributed by atoms with Crippen LogP contribution in [0, 0.1) is 0 Å². The van der Waals surface area contributed by atoms with Crippen LogP contribution in [0.3, 0.4) is 0 Å². The third kappa shape index (κ3) is 28.7. The van der Waals surface area contributed by atoms with Crippen LogP contribution in [0.2, 0.25) is 0 Å². The maximum Gasteiger partial charge on any atom is 0.306 e. The fraction of sp³-hybridized carbons (Fsp3) is 0.833. The van der Waals surface area contributed by atoms with Crippen LogP contribution < -0.4 is 0 Å².